The van der Waals surface area contributed by atoms with E-state index in [1.807, 2.05) is 0 Å². The number of allylic oxidation sites excluding steroid dienone is 3. The fourth-order valence-electron chi connectivity index (χ4n) is 1.66. The lowest BCUT2D eigenvalue weighted by Gasteiger charge is -2.17. The summed E-state index contributed by atoms with van der Waals surface area (Å²) in [6.45, 7) is 1.39. The average molecular weight is 223 g/mol. The summed E-state index contributed by atoms with van der Waals surface area (Å²) in [6.07, 6.45) is 8.48. The van der Waals surface area contributed by atoms with Crippen molar-refractivity contribution in [2.75, 3.05) is 7.11 Å². The molecule has 0 radical (unpaired) electrons. The summed E-state index contributed by atoms with van der Waals surface area (Å²) in [4.78, 5) is 22.4. The summed E-state index contributed by atoms with van der Waals surface area (Å²) in [5, 5.41) is 2.60. The number of amides is 1. The molecule has 1 rings (SSSR count). The first kappa shape index (κ1) is 12.5. The third-order valence-corrected chi connectivity index (χ3v) is 2.42. The summed E-state index contributed by atoms with van der Waals surface area (Å²) in [5.74, 6) is -0.618. The predicted molar refractivity (Wildman–Crippen MR) is 60.7 cm³/mol. The summed E-state index contributed by atoms with van der Waals surface area (Å²) < 4.78 is 4.66. The minimum Gasteiger partial charge on any atom is -0.467 e. The smallest absolute Gasteiger partial charge is 0.328 e. The molecule has 0 heterocycles. The second-order valence-electron chi connectivity index (χ2n) is 3.75. The third-order valence-electron chi connectivity index (χ3n) is 2.42. The molecule has 0 fully saturated rings. The molecule has 0 aliphatic heterocycles. The topological polar surface area (TPSA) is 55.4 Å². The maximum atomic E-state index is 11.4. The van der Waals surface area contributed by atoms with Gasteiger partial charge in [-0.1, -0.05) is 23.8 Å². The van der Waals surface area contributed by atoms with Crippen molar-refractivity contribution in [3.05, 3.63) is 23.8 Å². The second-order valence-corrected chi connectivity index (χ2v) is 3.75. The highest BCUT2D eigenvalue weighted by atomic mass is 16.5. The molecule has 0 unspecified atom stereocenters. The van der Waals surface area contributed by atoms with Gasteiger partial charge in [-0.15, -0.1) is 0 Å². The number of ether oxygens (including phenoxy) is 1. The van der Waals surface area contributed by atoms with E-state index in [0.29, 0.717) is 6.42 Å². The second kappa shape index (κ2) is 6.10. The standard InChI is InChI=1S/C12H17NO3/c1-9(14)13-11(12(15)16-2)8-10-6-4-3-5-7-10/h3-4,7,11H,5-6,8H2,1-2H3,(H,13,14)/t11-/m0/s1. The van der Waals surface area contributed by atoms with Crippen LogP contribution in [-0.4, -0.2) is 25.0 Å². The molecule has 1 amide bonds. The van der Waals surface area contributed by atoms with E-state index in [9.17, 15) is 9.59 Å². The van der Waals surface area contributed by atoms with Crippen LogP contribution in [0.25, 0.3) is 0 Å². The lowest BCUT2D eigenvalue weighted by Crippen LogP contribution is -2.40. The van der Waals surface area contributed by atoms with Gasteiger partial charge in [-0.05, 0) is 19.3 Å². The van der Waals surface area contributed by atoms with E-state index in [1.165, 1.54) is 14.0 Å². The van der Waals surface area contributed by atoms with Crippen molar-refractivity contribution < 1.29 is 14.3 Å². The van der Waals surface area contributed by atoms with Gasteiger partial charge in [-0.3, -0.25) is 4.79 Å². The van der Waals surface area contributed by atoms with Crippen molar-refractivity contribution in [1.82, 2.24) is 5.32 Å². The summed E-state index contributed by atoms with van der Waals surface area (Å²) in [7, 11) is 1.33. The van der Waals surface area contributed by atoms with Gasteiger partial charge in [-0.2, -0.15) is 0 Å². The Balaban J connectivity index is 2.58. The molecule has 1 atom stereocenters. The Bertz CT molecular complexity index is 331. The third kappa shape index (κ3) is 3.88. The molecule has 88 valence electrons. The Labute approximate surface area is 95.4 Å². The highest BCUT2D eigenvalue weighted by Crippen LogP contribution is 2.17. The Morgan fingerprint density at radius 3 is 2.75 bits per heavy atom. The van der Waals surface area contributed by atoms with E-state index in [2.05, 4.69) is 28.3 Å². The maximum absolute atomic E-state index is 11.4. The molecule has 0 saturated heterocycles. The number of carbonyl (C=O) groups is 2. The number of rotatable bonds is 4. The van der Waals surface area contributed by atoms with Gasteiger partial charge in [0.2, 0.25) is 5.91 Å². The number of carbonyl (C=O) groups excluding carboxylic acids is 2. The summed E-state index contributed by atoms with van der Waals surface area (Å²) in [5.41, 5.74) is 1.16. The Kier molecular flexibility index (Phi) is 4.76. The van der Waals surface area contributed by atoms with Crippen molar-refractivity contribution in [3.63, 3.8) is 0 Å². The van der Waals surface area contributed by atoms with Crippen LogP contribution >= 0.6 is 0 Å². The number of hydrogen-bond acceptors (Lipinski definition) is 3. The van der Waals surface area contributed by atoms with Crippen molar-refractivity contribution in [2.45, 2.75) is 32.2 Å². The Morgan fingerprint density at radius 2 is 2.25 bits per heavy atom. The highest BCUT2D eigenvalue weighted by molar-refractivity contribution is 5.83. The van der Waals surface area contributed by atoms with Crippen LogP contribution in [0.5, 0.6) is 0 Å². The van der Waals surface area contributed by atoms with Gasteiger partial charge in [0.15, 0.2) is 0 Å². The first-order valence-electron chi connectivity index (χ1n) is 5.31. The average Bonchev–Trinajstić information content (AvgIpc) is 2.28. The molecule has 0 saturated carbocycles. The van der Waals surface area contributed by atoms with Gasteiger partial charge in [-0.25, -0.2) is 4.79 Å². The minimum atomic E-state index is -0.569. The van der Waals surface area contributed by atoms with Crippen LogP contribution in [0.4, 0.5) is 0 Å². The van der Waals surface area contributed by atoms with Gasteiger partial charge in [0.05, 0.1) is 7.11 Å². The lowest BCUT2D eigenvalue weighted by atomic mass is 9.98. The highest BCUT2D eigenvalue weighted by Gasteiger charge is 2.21. The quantitative estimate of drug-likeness (QED) is 0.578. The van der Waals surface area contributed by atoms with Crippen molar-refractivity contribution in [3.8, 4) is 0 Å². The Morgan fingerprint density at radius 1 is 1.50 bits per heavy atom. The monoisotopic (exact) mass is 223 g/mol. The van der Waals surface area contributed by atoms with Crippen LogP contribution in [0.15, 0.2) is 23.8 Å². The van der Waals surface area contributed by atoms with E-state index in [0.717, 1.165) is 18.4 Å². The molecule has 0 aromatic heterocycles. The number of nitrogens with one attached hydrogen (secondary N) is 1. The maximum Gasteiger partial charge on any atom is 0.328 e. The Hall–Kier alpha value is -1.58. The van der Waals surface area contributed by atoms with Crippen LogP contribution in [-0.2, 0) is 14.3 Å². The molecule has 0 aromatic rings. The van der Waals surface area contributed by atoms with E-state index < -0.39 is 12.0 Å². The van der Waals surface area contributed by atoms with Crippen molar-refractivity contribution in [1.29, 1.82) is 0 Å². The van der Waals surface area contributed by atoms with E-state index in [4.69, 9.17) is 0 Å². The van der Waals surface area contributed by atoms with Gasteiger partial charge in [0.1, 0.15) is 6.04 Å². The predicted octanol–water partition coefficient (Wildman–Crippen LogP) is 1.33. The molecule has 4 nitrogen and oxygen atoms in total. The minimum absolute atomic E-state index is 0.220. The summed E-state index contributed by atoms with van der Waals surface area (Å²) in [6, 6.07) is -0.569. The van der Waals surface area contributed by atoms with Crippen LogP contribution in [0.1, 0.15) is 26.2 Å². The fourth-order valence-corrected chi connectivity index (χ4v) is 1.66. The first-order valence-corrected chi connectivity index (χ1v) is 5.31. The zero-order valence-corrected chi connectivity index (χ0v) is 9.66. The SMILES string of the molecule is COC(=O)[C@H](CC1=CCC=CC1)NC(C)=O. The lowest BCUT2D eigenvalue weighted by molar-refractivity contribution is -0.144. The molecule has 1 N–H and O–H groups in total. The molecular formula is C12H17NO3. The largest absolute Gasteiger partial charge is 0.467 e. The zero-order chi connectivity index (χ0) is 12.0. The first-order chi connectivity index (χ1) is 7.63. The molecule has 0 aromatic carbocycles. The van der Waals surface area contributed by atoms with Crippen LogP contribution in [0.2, 0.25) is 0 Å². The van der Waals surface area contributed by atoms with E-state index in [1.54, 1.807) is 0 Å². The summed E-state index contributed by atoms with van der Waals surface area (Å²) >= 11 is 0. The van der Waals surface area contributed by atoms with E-state index in [-0.39, 0.29) is 5.91 Å². The van der Waals surface area contributed by atoms with Gasteiger partial charge in [0, 0.05) is 6.92 Å². The van der Waals surface area contributed by atoms with Crippen molar-refractivity contribution in [2.24, 2.45) is 0 Å². The zero-order valence-electron chi connectivity index (χ0n) is 9.66. The number of esters is 1. The molecule has 4 heteroatoms. The van der Waals surface area contributed by atoms with Crippen LogP contribution < -0.4 is 5.32 Å². The van der Waals surface area contributed by atoms with Crippen LogP contribution in [0.3, 0.4) is 0 Å². The van der Waals surface area contributed by atoms with Crippen molar-refractivity contribution >= 4 is 11.9 Å². The molecule has 1 aliphatic rings. The molecular weight excluding hydrogens is 206 g/mol. The van der Waals surface area contributed by atoms with Gasteiger partial charge >= 0.3 is 5.97 Å². The fraction of sp³-hybridized carbons (Fsp3) is 0.500. The normalized spacial score (nSPS) is 16.2. The molecule has 0 spiro atoms. The van der Waals surface area contributed by atoms with E-state index >= 15 is 0 Å². The van der Waals surface area contributed by atoms with Crippen LogP contribution in [0, 0.1) is 0 Å². The number of hydrogen-bond donors (Lipinski definition) is 1. The van der Waals surface area contributed by atoms with Gasteiger partial charge < -0.3 is 10.1 Å². The molecule has 0 bridgehead atoms. The van der Waals surface area contributed by atoms with Gasteiger partial charge in [0.25, 0.3) is 0 Å². The molecule has 1 aliphatic carbocycles. The molecule has 16 heavy (non-hydrogen) atoms. The number of methoxy groups -OCH3 is 1.